The molecule has 0 saturated carbocycles. The summed E-state index contributed by atoms with van der Waals surface area (Å²) in [6, 6.07) is 14.8. The van der Waals surface area contributed by atoms with Crippen LogP contribution in [0.2, 0.25) is 0 Å². The third-order valence-electron chi connectivity index (χ3n) is 3.93. The number of ether oxygens (including phenoxy) is 2. The van der Waals surface area contributed by atoms with Crippen molar-refractivity contribution in [1.29, 1.82) is 0 Å². The van der Waals surface area contributed by atoms with E-state index in [1.807, 2.05) is 42.5 Å². The molecule has 0 bridgehead atoms. The molecule has 0 saturated heterocycles. The van der Waals surface area contributed by atoms with Gasteiger partial charge in [-0.25, -0.2) is 0 Å². The summed E-state index contributed by atoms with van der Waals surface area (Å²) in [7, 11) is 0. The number of fused-ring (bicyclic) bond motifs is 1. The van der Waals surface area contributed by atoms with Gasteiger partial charge in [0.25, 0.3) is 5.91 Å². The Hall–Kier alpha value is -2.55. The van der Waals surface area contributed by atoms with Crippen LogP contribution in [0, 0.1) is 3.57 Å². The molecule has 26 heavy (non-hydrogen) atoms. The van der Waals surface area contributed by atoms with Crippen molar-refractivity contribution in [3.8, 4) is 22.8 Å². The minimum absolute atomic E-state index is 0.140. The highest BCUT2D eigenvalue weighted by Gasteiger charge is 2.15. The number of aromatic nitrogens is 1. The molecule has 0 radical (unpaired) electrons. The van der Waals surface area contributed by atoms with Gasteiger partial charge in [-0.2, -0.15) is 0 Å². The first-order valence-corrected chi connectivity index (χ1v) is 9.17. The van der Waals surface area contributed by atoms with E-state index in [0.29, 0.717) is 36.0 Å². The van der Waals surface area contributed by atoms with Gasteiger partial charge in [0.2, 0.25) is 0 Å². The van der Waals surface area contributed by atoms with Crippen LogP contribution in [0.1, 0.15) is 16.1 Å². The van der Waals surface area contributed by atoms with Crippen LogP contribution in [0.4, 0.5) is 0 Å². The zero-order valence-corrected chi connectivity index (χ0v) is 15.9. The Morgan fingerprint density at radius 2 is 1.88 bits per heavy atom. The normalized spacial score (nSPS) is 12.7. The van der Waals surface area contributed by atoms with Gasteiger partial charge >= 0.3 is 0 Å². The lowest BCUT2D eigenvalue weighted by molar-refractivity contribution is 0.0949. The van der Waals surface area contributed by atoms with Crippen LogP contribution >= 0.6 is 22.6 Å². The summed E-state index contributed by atoms with van der Waals surface area (Å²) in [5, 5.41) is 6.89. The van der Waals surface area contributed by atoms with Gasteiger partial charge in [-0.15, -0.1) is 0 Å². The van der Waals surface area contributed by atoms with E-state index in [2.05, 4.69) is 33.1 Å². The van der Waals surface area contributed by atoms with Crippen LogP contribution in [-0.4, -0.2) is 24.3 Å². The summed E-state index contributed by atoms with van der Waals surface area (Å²) in [4.78, 5) is 12.3. The second-order valence-corrected chi connectivity index (χ2v) is 6.87. The number of nitrogens with one attached hydrogen (secondary N) is 1. The summed E-state index contributed by atoms with van der Waals surface area (Å²) in [5.41, 5.74) is 2.13. The van der Waals surface area contributed by atoms with Gasteiger partial charge in [-0.05, 0) is 52.9 Å². The molecule has 1 N–H and O–H groups in total. The molecule has 1 amide bonds. The third-order valence-corrected chi connectivity index (χ3v) is 4.87. The van der Waals surface area contributed by atoms with Crippen LogP contribution < -0.4 is 14.8 Å². The van der Waals surface area contributed by atoms with Crippen LogP contribution in [0.25, 0.3) is 11.3 Å². The van der Waals surface area contributed by atoms with Crippen LogP contribution in [0.3, 0.4) is 0 Å². The molecule has 1 aliphatic heterocycles. The van der Waals surface area contributed by atoms with Crippen molar-refractivity contribution >= 4 is 28.5 Å². The molecule has 2 aromatic carbocycles. The molecule has 4 rings (SSSR count). The monoisotopic (exact) mass is 462 g/mol. The fourth-order valence-corrected chi connectivity index (χ4v) is 3.27. The maximum Gasteiger partial charge on any atom is 0.252 e. The molecule has 0 aliphatic carbocycles. The van der Waals surface area contributed by atoms with E-state index < -0.39 is 0 Å². The first kappa shape index (κ1) is 16.9. The number of nitrogens with zero attached hydrogens (tertiary/aromatic N) is 1. The van der Waals surface area contributed by atoms with Crippen LogP contribution in [0.5, 0.6) is 11.5 Å². The molecule has 0 spiro atoms. The van der Waals surface area contributed by atoms with E-state index in [1.165, 1.54) is 0 Å². The predicted molar refractivity (Wildman–Crippen MR) is 103 cm³/mol. The maximum atomic E-state index is 12.3. The Labute approximate surface area is 163 Å². The van der Waals surface area contributed by atoms with E-state index in [1.54, 1.807) is 6.07 Å². The Balaban J connectivity index is 1.45. The standard InChI is InChI=1S/C19H15IN2O4/c20-15-4-2-1-3-14(15)19(23)21-11-13-10-17(26-22-13)12-5-6-16-18(9-12)25-8-7-24-16/h1-6,9-10H,7-8,11H2,(H,21,23). The SMILES string of the molecule is O=C(NCc1cc(-c2ccc3c(c2)OCCO3)on1)c1ccccc1I. The molecule has 0 atom stereocenters. The van der Waals surface area contributed by atoms with Crippen molar-refractivity contribution < 1.29 is 18.8 Å². The highest BCUT2D eigenvalue weighted by atomic mass is 127. The van der Waals surface area contributed by atoms with Crippen molar-refractivity contribution in [2.45, 2.75) is 6.54 Å². The summed E-state index contributed by atoms with van der Waals surface area (Å²) < 4.78 is 17.4. The fraction of sp³-hybridized carbons (Fsp3) is 0.158. The molecule has 3 aromatic rings. The molecular weight excluding hydrogens is 447 g/mol. The van der Waals surface area contributed by atoms with Crippen molar-refractivity contribution in [2.75, 3.05) is 13.2 Å². The lowest BCUT2D eigenvalue weighted by atomic mass is 10.1. The van der Waals surface area contributed by atoms with Crippen molar-refractivity contribution in [3.05, 3.63) is 63.4 Å². The molecule has 1 aromatic heterocycles. The summed E-state index contributed by atoms with van der Waals surface area (Å²) in [6.45, 7) is 1.37. The third kappa shape index (κ3) is 3.52. The number of benzene rings is 2. The number of halogens is 1. The van der Waals surface area contributed by atoms with Gasteiger partial charge in [0.05, 0.1) is 12.1 Å². The lowest BCUT2D eigenvalue weighted by Gasteiger charge is -2.18. The first-order valence-electron chi connectivity index (χ1n) is 8.09. The fourth-order valence-electron chi connectivity index (χ4n) is 2.64. The smallest absolute Gasteiger partial charge is 0.252 e. The molecular formula is C19H15IN2O4. The quantitative estimate of drug-likeness (QED) is 0.600. The Morgan fingerprint density at radius 1 is 1.08 bits per heavy atom. The van der Waals surface area contributed by atoms with Crippen molar-refractivity contribution in [2.24, 2.45) is 0 Å². The number of carbonyl (C=O) groups is 1. The van der Waals surface area contributed by atoms with E-state index in [4.69, 9.17) is 14.0 Å². The minimum Gasteiger partial charge on any atom is -0.486 e. The van der Waals surface area contributed by atoms with Crippen molar-refractivity contribution in [1.82, 2.24) is 10.5 Å². The summed E-state index contributed by atoms with van der Waals surface area (Å²) in [5.74, 6) is 1.89. The van der Waals surface area contributed by atoms with Gasteiger partial charge < -0.3 is 19.3 Å². The Bertz CT molecular complexity index is 954. The zero-order chi connectivity index (χ0) is 17.9. The number of rotatable bonds is 4. The first-order chi connectivity index (χ1) is 12.7. The number of hydrogen-bond acceptors (Lipinski definition) is 5. The molecule has 1 aliphatic rings. The maximum absolute atomic E-state index is 12.3. The lowest BCUT2D eigenvalue weighted by Crippen LogP contribution is -2.23. The Kier molecular flexibility index (Phi) is 4.79. The zero-order valence-electron chi connectivity index (χ0n) is 13.7. The van der Waals surface area contributed by atoms with Gasteiger partial charge in [0.1, 0.15) is 18.9 Å². The second kappa shape index (κ2) is 7.36. The predicted octanol–water partition coefficient (Wildman–Crippen LogP) is 3.65. The van der Waals surface area contributed by atoms with Gasteiger partial charge in [0, 0.05) is 15.2 Å². The molecule has 7 heteroatoms. The summed E-state index contributed by atoms with van der Waals surface area (Å²) >= 11 is 2.14. The van der Waals surface area contributed by atoms with E-state index in [0.717, 1.165) is 14.9 Å². The Morgan fingerprint density at radius 3 is 2.73 bits per heavy atom. The average Bonchev–Trinajstić information content (AvgIpc) is 3.15. The molecule has 2 heterocycles. The van der Waals surface area contributed by atoms with Crippen molar-refractivity contribution in [3.63, 3.8) is 0 Å². The largest absolute Gasteiger partial charge is 0.486 e. The van der Waals surface area contributed by atoms with Gasteiger partial charge in [-0.1, -0.05) is 17.3 Å². The van der Waals surface area contributed by atoms with Gasteiger partial charge in [-0.3, -0.25) is 4.79 Å². The van der Waals surface area contributed by atoms with E-state index >= 15 is 0 Å². The highest BCUT2D eigenvalue weighted by Crippen LogP contribution is 2.34. The highest BCUT2D eigenvalue weighted by molar-refractivity contribution is 14.1. The van der Waals surface area contributed by atoms with Gasteiger partial charge in [0.15, 0.2) is 17.3 Å². The summed E-state index contributed by atoms with van der Waals surface area (Å²) in [6.07, 6.45) is 0. The minimum atomic E-state index is -0.140. The number of amides is 1. The second-order valence-electron chi connectivity index (χ2n) is 5.70. The van der Waals surface area contributed by atoms with E-state index in [9.17, 15) is 4.79 Å². The average molecular weight is 462 g/mol. The topological polar surface area (TPSA) is 73.6 Å². The molecule has 6 nitrogen and oxygen atoms in total. The van der Waals surface area contributed by atoms with Crippen LogP contribution in [0.15, 0.2) is 53.1 Å². The number of carbonyl (C=O) groups excluding carboxylic acids is 1. The molecule has 132 valence electrons. The molecule has 0 fully saturated rings. The molecule has 0 unspecified atom stereocenters. The number of hydrogen-bond donors (Lipinski definition) is 1. The van der Waals surface area contributed by atoms with Crippen LogP contribution in [-0.2, 0) is 6.54 Å². The van der Waals surface area contributed by atoms with E-state index in [-0.39, 0.29) is 12.5 Å².